The van der Waals surface area contributed by atoms with Crippen LogP contribution in [0.5, 0.6) is 0 Å². The standard InChI is InChI=1S/C11H15N7S/c1-3-8-13-9(12-2)6-10(14-8)19-11-15-16-17-18(11)7-4-5-7/h6-7H,3-5H2,1-2H3,(H,12,13,14). The molecule has 0 saturated heterocycles. The molecule has 1 N–H and O–H groups in total. The largest absolute Gasteiger partial charge is 0.373 e. The molecule has 1 saturated carbocycles. The zero-order valence-electron chi connectivity index (χ0n) is 10.9. The average molecular weight is 277 g/mol. The Morgan fingerprint density at radius 3 is 2.95 bits per heavy atom. The second kappa shape index (κ2) is 5.12. The zero-order chi connectivity index (χ0) is 13.2. The van der Waals surface area contributed by atoms with E-state index in [9.17, 15) is 0 Å². The number of nitrogens with zero attached hydrogens (tertiary/aromatic N) is 6. The van der Waals surface area contributed by atoms with E-state index in [-0.39, 0.29) is 0 Å². The van der Waals surface area contributed by atoms with Crippen LogP contribution in [0.1, 0.15) is 31.6 Å². The summed E-state index contributed by atoms with van der Waals surface area (Å²) in [4.78, 5) is 8.87. The van der Waals surface area contributed by atoms with E-state index in [1.807, 2.05) is 24.7 Å². The smallest absolute Gasteiger partial charge is 0.215 e. The van der Waals surface area contributed by atoms with Crippen LogP contribution >= 0.6 is 11.8 Å². The van der Waals surface area contributed by atoms with Crippen molar-refractivity contribution >= 4 is 17.6 Å². The number of tetrazole rings is 1. The summed E-state index contributed by atoms with van der Waals surface area (Å²) in [6, 6.07) is 2.38. The van der Waals surface area contributed by atoms with Gasteiger partial charge in [-0.3, -0.25) is 0 Å². The number of hydrogen-bond donors (Lipinski definition) is 1. The van der Waals surface area contributed by atoms with Crippen molar-refractivity contribution in [1.29, 1.82) is 0 Å². The molecule has 1 aliphatic carbocycles. The minimum absolute atomic E-state index is 0.466. The number of anilines is 1. The van der Waals surface area contributed by atoms with Crippen molar-refractivity contribution in [3.05, 3.63) is 11.9 Å². The Morgan fingerprint density at radius 2 is 2.26 bits per heavy atom. The Hall–Kier alpha value is -1.70. The summed E-state index contributed by atoms with van der Waals surface area (Å²) >= 11 is 1.48. The molecular weight excluding hydrogens is 262 g/mol. The average Bonchev–Trinajstić information content (AvgIpc) is 3.19. The lowest BCUT2D eigenvalue weighted by Crippen LogP contribution is -2.02. The third-order valence-electron chi connectivity index (χ3n) is 2.87. The van der Waals surface area contributed by atoms with Gasteiger partial charge in [-0.05, 0) is 35.0 Å². The first-order chi connectivity index (χ1) is 9.30. The van der Waals surface area contributed by atoms with E-state index < -0.39 is 0 Å². The monoisotopic (exact) mass is 277 g/mol. The summed E-state index contributed by atoms with van der Waals surface area (Å²) in [5, 5.41) is 16.6. The minimum Gasteiger partial charge on any atom is -0.373 e. The second-order valence-corrected chi connectivity index (χ2v) is 5.34. The Bertz CT molecular complexity index is 556. The van der Waals surface area contributed by atoms with E-state index >= 15 is 0 Å². The highest BCUT2D eigenvalue weighted by molar-refractivity contribution is 7.99. The van der Waals surface area contributed by atoms with Crippen molar-refractivity contribution in [2.75, 3.05) is 12.4 Å². The van der Waals surface area contributed by atoms with Gasteiger partial charge in [0.2, 0.25) is 5.16 Å². The van der Waals surface area contributed by atoms with Gasteiger partial charge in [0.25, 0.3) is 0 Å². The molecule has 3 rings (SSSR count). The van der Waals surface area contributed by atoms with Gasteiger partial charge < -0.3 is 5.32 Å². The van der Waals surface area contributed by atoms with Crippen LogP contribution in [0.25, 0.3) is 0 Å². The predicted octanol–water partition coefficient (Wildman–Crippen LogP) is 1.55. The van der Waals surface area contributed by atoms with Crippen molar-refractivity contribution in [3.63, 3.8) is 0 Å². The van der Waals surface area contributed by atoms with Crippen LogP contribution in [0.3, 0.4) is 0 Å². The molecule has 0 amide bonds. The molecule has 8 heteroatoms. The van der Waals surface area contributed by atoms with Gasteiger partial charge in [-0.2, -0.15) is 0 Å². The van der Waals surface area contributed by atoms with E-state index in [4.69, 9.17) is 0 Å². The SMILES string of the molecule is CCc1nc(NC)cc(Sc2nnnn2C2CC2)n1. The molecule has 1 aliphatic rings. The third-order valence-corrected chi connectivity index (χ3v) is 3.74. The first-order valence-electron chi connectivity index (χ1n) is 6.31. The lowest BCUT2D eigenvalue weighted by Gasteiger charge is -2.06. The van der Waals surface area contributed by atoms with Crippen LogP contribution in [0.15, 0.2) is 16.2 Å². The van der Waals surface area contributed by atoms with E-state index in [1.165, 1.54) is 11.8 Å². The van der Waals surface area contributed by atoms with Gasteiger partial charge in [0.1, 0.15) is 16.7 Å². The maximum atomic E-state index is 4.50. The minimum atomic E-state index is 0.466. The fourth-order valence-corrected chi connectivity index (χ4v) is 2.57. The second-order valence-electron chi connectivity index (χ2n) is 4.35. The van der Waals surface area contributed by atoms with Crippen molar-refractivity contribution in [3.8, 4) is 0 Å². The summed E-state index contributed by atoms with van der Waals surface area (Å²) in [7, 11) is 1.85. The number of aryl methyl sites for hydroxylation is 1. The van der Waals surface area contributed by atoms with Gasteiger partial charge in [-0.1, -0.05) is 6.92 Å². The van der Waals surface area contributed by atoms with Gasteiger partial charge >= 0.3 is 0 Å². The summed E-state index contributed by atoms with van der Waals surface area (Å²) in [6.07, 6.45) is 3.12. The van der Waals surface area contributed by atoms with Gasteiger partial charge in [-0.15, -0.1) is 5.10 Å². The number of aromatic nitrogens is 6. The van der Waals surface area contributed by atoms with E-state index in [0.29, 0.717) is 6.04 Å². The Kier molecular flexibility index (Phi) is 3.33. The molecule has 2 aromatic heterocycles. The topological polar surface area (TPSA) is 81.4 Å². The molecule has 100 valence electrons. The quantitative estimate of drug-likeness (QED) is 0.830. The Morgan fingerprint density at radius 1 is 1.42 bits per heavy atom. The highest BCUT2D eigenvalue weighted by Gasteiger charge is 2.28. The summed E-state index contributed by atoms with van der Waals surface area (Å²) in [5.41, 5.74) is 0. The third kappa shape index (κ3) is 2.67. The fraction of sp³-hybridized carbons (Fsp3) is 0.545. The molecule has 0 aromatic carbocycles. The van der Waals surface area contributed by atoms with Crippen molar-refractivity contribution in [2.45, 2.75) is 42.4 Å². The number of hydrogen-bond acceptors (Lipinski definition) is 7. The molecule has 7 nitrogen and oxygen atoms in total. The molecule has 2 heterocycles. The maximum Gasteiger partial charge on any atom is 0.215 e. The molecule has 0 spiro atoms. The van der Waals surface area contributed by atoms with E-state index in [1.54, 1.807) is 0 Å². The molecule has 2 aromatic rings. The van der Waals surface area contributed by atoms with Gasteiger partial charge in [0, 0.05) is 19.5 Å². The zero-order valence-corrected chi connectivity index (χ0v) is 11.7. The molecule has 0 radical (unpaired) electrons. The van der Waals surface area contributed by atoms with Gasteiger partial charge in [0.15, 0.2) is 0 Å². The first-order valence-corrected chi connectivity index (χ1v) is 7.13. The lowest BCUT2D eigenvalue weighted by atomic mass is 10.4. The van der Waals surface area contributed by atoms with Crippen LogP contribution in [-0.4, -0.2) is 37.2 Å². The van der Waals surface area contributed by atoms with Crippen molar-refractivity contribution in [1.82, 2.24) is 30.2 Å². The van der Waals surface area contributed by atoms with Gasteiger partial charge in [-0.25, -0.2) is 14.6 Å². The van der Waals surface area contributed by atoms with Gasteiger partial charge in [0.05, 0.1) is 6.04 Å². The van der Waals surface area contributed by atoms with Crippen LogP contribution in [-0.2, 0) is 6.42 Å². The molecule has 0 bridgehead atoms. The van der Waals surface area contributed by atoms with Crippen LogP contribution in [0.4, 0.5) is 5.82 Å². The lowest BCUT2D eigenvalue weighted by molar-refractivity contribution is 0.565. The number of nitrogens with one attached hydrogen (secondary N) is 1. The van der Waals surface area contributed by atoms with E-state index in [2.05, 4.69) is 30.8 Å². The molecule has 1 fully saturated rings. The Balaban J connectivity index is 1.87. The predicted molar refractivity (Wildman–Crippen MR) is 71.2 cm³/mol. The molecular formula is C11H15N7S. The summed E-state index contributed by atoms with van der Waals surface area (Å²) < 4.78 is 1.89. The van der Waals surface area contributed by atoms with Crippen molar-refractivity contribution < 1.29 is 0 Å². The van der Waals surface area contributed by atoms with Crippen LogP contribution < -0.4 is 5.32 Å². The van der Waals surface area contributed by atoms with Crippen LogP contribution in [0.2, 0.25) is 0 Å². The highest BCUT2D eigenvalue weighted by atomic mass is 32.2. The fourth-order valence-electron chi connectivity index (χ4n) is 1.71. The molecule has 19 heavy (non-hydrogen) atoms. The Labute approximate surface area is 115 Å². The molecule has 0 atom stereocenters. The molecule has 0 unspecified atom stereocenters. The summed E-state index contributed by atoms with van der Waals surface area (Å²) in [6.45, 7) is 2.04. The highest BCUT2D eigenvalue weighted by Crippen LogP contribution is 2.37. The number of rotatable bonds is 5. The van der Waals surface area contributed by atoms with Crippen LogP contribution in [0, 0.1) is 0 Å². The first kappa shape index (κ1) is 12.3. The van der Waals surface area contributed by atoms with E-state index in [0.717, 1.165) is 41.1 Å². The molecule has 0 aliphatic heterocycles. The maximum absolute atomic E-state index is 4.50. The summed E-state index contributed by atoms with van der Waals surface area (Å²) in [5.74, 6) is 1.64. The van der Waals surface area contributed by atoms with Crippen molar-refractivity contribution in [2.24, 2.45) is 0 Å². The normalized spacial score (nSPS) is 14.6.